The van der Waals surface area contributed by atoms with Crippen LogP contribution in [0.25, 0.3) is 0 Å². The minimum Gasteiger partial charge on any atom is -0.348 e. The number of piperidine rings is 1. The van der Waals surface area contributed by atoms with Gasteiger partial charge in [-0.3, -0.25) is 0 Å². The highest BCUT2D eigenvalue weighted by Gasteiger charge is 2.41. The largest absolute Gasteiger partial charge is 0.348 e. The van der Waals surface area contributed by atoms with E-state index in [2.05, 4.69) is 10.3 Å². The van der Waals surface area contributed by atoms with Crippen LogP contribution in [0, 0.1) is 5.92 Å². The lowest BCUT2D eigenvalue weighted by Crippen LogP contribution is -2.49. The molecule has 3 rings (SSSR count). The molecule has 2 amide bonds. The number of amides is 2. The number of imidazole rings is 1. The minimum absolute atomic E-state index is 0.0347. The summed E-state index contributed by atoms with van der Waals surface area (Å²) in [5, 5.41) is 3.00. The highest BCUT2D eigenvalue weighted by atomic mass is 16.7. The first-order chi connectivity index (χ1) is 11.2. The summed E-state index contributed by atoms with van der Waals surface area (Å²) in [5.74, 6) is -0.0804. The number of aromatic nitrogens is 2. The Kier molecular flexibility index (Phi) is 5.17. The van der Waals surface area contributed by atoms with Crippen LogP contribution in [-0.2, 0) is 16.0 Å². The Labute approximate surface area is 137 Å². The maximum Gasteiger partial charge on any atom is 0.317 e. The lowest BCUT2D eigenvalue weighted by Gasteiger charge is -2.39. The Morgan fingerprint density at radius 2 is 2.09 bits per heavy atom. The number of ether oxygens (including phenoxy) is 2. The zero-order valence-electron chi connectivity index (χ0n) is 13.7. The number of carbonyl (C=O) groups excluding carboxylic acids is 1. The molecule has 1 aromatic heterocycles. The van der Waals surface area contributed by atoms with Gasteiger partial charge >= 0.3 is 6.03 Å². The summed E-state index contributed by atoms with van der Waals surface area (Å²) >= 11 is 0. The van der Waals surface area contributed by atoms with Gasteiger partial charge in [0.25, 0.3) is 0 Å². The van der Waals surface area contributed by atoms with E-state index in [9.17, 15) is 4.79 Å². The Bertz CT molecular complexity index is 491. The predicted molar refractivity (Wildman–Crippen MR) is 84.8 cm³/mol. The second-order valence-corrected chi connectivity index (χ2v) is 6.36. The van der Waals surface area contributed by atoms with Crippen LogP contribution in [0.1, 0.15) is 26.2 Å². The molecule has 0 atom stereocenters. The quantitative estimate of drug-likeness (QED) is 0.833. The van der Waals surface area contributed by atoms with Gasteiger partial charge in [0.05, 0.1) is 19.5 Å². The average molecular weight is 322 g/mol. The van der Waals surface area contributed by atoms with Gasteiger partial charge in [0.15, 0.2) is 5.79 Å². The van der Waals surface area contributed by atoms with Gasteiger partial charge in [0.2, 0.25) is 0 Å². The summed E-state index contributed by atoms with van der Waals surface area (Å²) in [6, 6.07) is 0.0347. The van der Waals surface area contributed by atoms with E-state index in [0.717, 1.165) is 38.9 Å². The zero-order chi connectivity index (χ0) is 16.1. The molecule has 0 bridgehead atoms. The summed E-state index contributed by atoms with van der Waals surface area (Å²) in [6.07, 6.45) is 8.25. The topological polar surface area (TPSA) is 68.6 Å². The molecule has 2 aliphatic heterocycles. The van der Waals surface area contributed by atoms with E-state index in [0.29, 0.717) is 25.7 Å². The van der Waals surface area contributed by atoms with Crippen molar-refractivity contribution in [3.63, 3.8) is 0 Å². The molecule has 1 aromatic rings. The number of hydrogen-bond acceptors (Lipinski definition) is 4. The number of nitrogens with zero attached hydrogens (tertiary/aromatic N) is 3. The van der Waals surface area contributed by atoms with Crippen molar-refractivity contribution >= 4 is 6.03 Å². The SMILES string of the molecule is CC1(C2CCN(C(=O)NCCCn3ccnc3)CC2)OCCO1. The number of aryl methyl sites for hydroxylation is 1. The molecule has 23 heavy (non-hydrogen) atoms. The van der Waals surface area contributed by atoms with Crippen molar-refractivity contribution in [1.82, 2.24) is 19.8 Å². The standard InChI is InChI=1S/C16H26N4O3/c1-16(22-11-12-23-16)14-3-8-20(9-4-14)15(21)18-5-2-7-19-10-6-17-13-19/h6,10,13-14H,2-5,7-9,11-12H2,1H3,(H,18,21). The Morgan fingerprint density at radius 1 is 1.35 bits per heavy atom. The smallest absolute Gasteiger partial charge is 0.317 e. The molecule has 7 nitrogen and oxygen atoms in total. The van der Waals surface area contributed by atoms with Crippen LogP contribution in [0.5, 0.6) is 0 Å². The fraction of sp³-hybridized carbons (Fsp3) is 0.750. The van der Waals surface area contributed by atoms with Crippen LogP contribution < -0.4 is 5.32 Å². The van der Waals surface area contributed by atoms with Crippen LogP contribution in [0.2, 0.25) is 0 Å². The second-order valence-electron chi connectivity index (χ2n) is 6.36. The van der Waals surface area contributed by atoms with Crippen molar-refractivity contribution < 1.29 is 14.3 Å². The van der Waals surface area contributed by atoms with Gasteiger partial charge in [-0.15, -0.1) is 0 Å². The monoisotopic (exact) mass is 322 g/mol. The highest BCUT2D eigenvalue weighted by molar-refractivity contribution is 5.74. The van der Waals surface area contributed by atoms with Gasteiger partial charge in [-0.1, -0.05) is 0 Å². The van der Waals surface area contributed by atoms with Crippen molar-refractivity contribution in [3.05, 3.63) is 18.7 Å². The van der Waals surface area contributed by atoms with Crippen molar-refractivity contribution in [3.8, 4) is 0 Å². The Hall–Kier alpha value is -1.60. The van der Waals surface area contributed by atoms with Crippen molar-refractivity contribution in [2.75, 3.05) is 32.8 Å². The van der Waals surface area contributed by atoms with Crippen molar-refractivity contribution in [1.29, 1.82) is 0 Å². The fourth-order valence-corrected chi connectivity index (χ4v) is 3.36. The van der Waals surface area contributed by atoms with Crippen LogP contribution in [0.4, 0.5) is 4.79 Å². The van der Waals surface area contributed by atoms with Gasteiger partial charge in [-0.25, -0.2) is 9.78 Å². The lowest BCUT2D eigenvalue weighted by molar-refractivity contribution is -0.189. The molecular weight excluding hydrogens is 296 g/mol. The van der Waals surface area contributed by atoms with Crippen LogP contribution in [0.15, 0.2) is 18.7 Å². The molecule has 3 heterocycles. The summed E-state index contributed by atoms with van der Waals surface area (Å²) in [6.45, 7) is 6.45. The summed E-state index contributed by atoms with van der Waals surface area (Å²) in [5.41, 5.74) is 0. The first-order valence-electron chi connectivity index (χ1n) is 8.44. The number of urea groups is 1. The van der Waals surface area contributed by atoms with Crippen molar-refractivity contribution in [2.24, 2.45) is 5.92 Å². The van der Waals surface area contributed by atoms with Crippen LogP contribution in [-0.4, -0.2) is 59.1 Å². The molecule has 0 radical (unpaired) electrons. The van der Waals surface area contributed by atoms with E-state index in [1.165, 1.54) is 0 Å². The second kappa shape index (κ2) is 7.31. The number of hydrogen-bond donors (Lipinski definition) is 1. The van der Waals surface area contributed by atoms with Gasteiger partial charge in [0, 0.05) is 44.5 Å². The number of nitrogens with one attached hydrogen (secondary N) is 1. The molecule has 128 valence electrons. The van der Waals surface area contributed by atoms with E-state index >= 15 is 0 Å². The summed E-state index contributed by atoms with van der Waals surface area (Å²) in [7, 11) is 0. The molecule has 2 saturated heterocycles. The maximum absolute atomic E-state index is 12.2. The molecule has 2 fully saturated rings. The van der Waals surface area contributed by atoms with Gasteiger partial charge in [-0.05, 0) is 26.2 Å². The number of carbonyl (C=O) groups is 1. The molecule has 1 N–H and O–H groups in total. The third-order valence-electron chi connectivity index (χ3n) is 4.81. The zero-order valence-corrected chi connectivity index (χ0v) is 13.7. The molecule has 0 spiro atoms. The first-order valence-corrected chi connectivity index (χ1v) is 8.44. The summed E-state index contributed by atoms with van der Waals surface area (Å²) in [4.78, 5) is 18.1. The van der Waals surface area contributed by atoms with Gasteiger partial charge in [0.1, 0.15) is 0 Å². The predicted octanol–water partition coefficient (Wildman–Crippen LogP) is 1.46. The number of rotatable bonds is 5. The molecular formula is C16H26N4O3. The normalized spacial score (nSPS) is 21.5. The van der Waals surface area contributed by atoms with Crippen LogP contribution >= 0.6 is 0 Å². The lowest BCUT2D eigenvalue weighted by atomic mass is 9.89. The fourth-order valence-electron chi connectivity index (χ4n) is 3.36. The average Bonchev–Trinajstić information content (AvgIpc) is 3.24. The van der Waals surface area contributed by atoms with E-state index in [1.807, 2.05) is 22.6 Å². The third-order valence-corrected chi connectivity index (χ3v) is 4.81. The molecule has 2 aliphatic rings. The van der Waals surface area contributed by atoms with E-state index in [4.69, 9.17) is 9.47 Å². The minimum atomic E-state index is -0.451. The van der Waals surface area contributed by atoms with Crippen molar-refractivity contribution in [2.45, 2.75) is 38.5 Å². The van der Waals surface area contributed by atoms with E-state index in [1.54, 1.807) is 12.5 Å². The molecule has 0 aliphatic carbocycles. The van der Waals surface area contributed by atoms with Crippen LogP contribution in [0.3, 0.4) is 0 Å². The Balaban J connectivity index is 1.35. The maximum atomic E-state index is 12.2. The van der Waals surface area contributed by atoms with Gasteiger partial charge < -0.3 is 24.3 Å². The highest BCUT2D eigenvalue weighted by Crippen LogP contribution is 2.34. The molecule has 7 heteroatoms. The van der Waals surface area contributed by atoms with E-state index in [-0.39, 0.29) is 6.03 Å². The molecule has 0 aromatic carbocycles. The summed E-state index contributed by atoms with van der Waals surface area (Å²) < 4.78 is 13.5. The first kappa shape index (κ1) is 16.3. The van der Waals surface area contributed by atoms with Gasteiger partial charge in [-0.2, -0.15) is 0 Å². The molecule has 0 unspecified atom stereocenters. The van der Waals surface area contributed by atoms with E-state index < -0.39 is 5.79 Å². The number of likely N-dealkylation sites (tertiary alicyclic amines) is 1. The third kappa shape index (κ3) is 4.03. The molecule has 0 saturated carbocycles. The Morgan fingerprint density at radius 3 is 2.74 bits per heavy atom.